The normalized spacial score (nSPS) is 29.6. The summed E-state index contributed by atoms with van der Waals surface area (Å²) in [4.78, 5) is 2.36. The lowest BCUT2D eigenvalue weighted by Gasteiger charge is -2.19. The van der Waals surface area contributed by atoms with Crippen LogP contribution in [-0.2, 0) is 0 Å². The predicted octanol–water partition coefficient (Wildman–Crippen LogP) is 2.17. The fourth-order valence-electron chi connectivity index (χ4n) is 2.04. The first-order chi connectivity index (χ1) is 5.29. The molecular weight excluding hydrogens is 134 g/mol. The standard InChI is InChI=1S/C10H15N/c1-8-4-3-5-10-9(8)6-7-11(10)2/h3,5,8H,4,6-7H2,1-2H3. The van der Waals surface area contributed by atoms with Crippen molar-refractivity contribution in [2.24, 2.45) is 5.92 Å². The van der Waals surface area contributed by atoms with E-state index < -0.39 is 0 Å². The van der Waals surface area contributed by atoms with Crippen molar-refractivity contribution < 1.29 is 0 Å². The van der Waals surface area contributed by atoms with Gasteiger partial charge in [0.25, 0.3) is 0 Å². The summed E-state index contributed by atoms with van der Waals surface area (Å²) in [7, 11) is 2.19. The third-order valence-electron chi connectivity index (χ3n) is 2.82. The monoisotopic (exact) mass is 149 g/mol. The highest BCUT2D eigenvalue weighted by Crippen LogP contribution is 2.33. The smallest absolute Gasteiger partial charge is 0.0355 e. The Balaban J connectivity index is 2.33. The van der Waals surface area contributed by atoms with E-state index in [0.717, 1.165) is 5.92 Å². The number of nitrogens with zero attached hydrogens (tertiary/aromatic N) is 1. The Hall–Kier alpha value is -0.720. The van der Waals surface area contributed by atoms with Gasteiger partial charge in [0, 0.05) is 19.3 Å². The van der Waals surface area contributed by atoms with Crippen molar-refractivity contribution in [3.8, 4) is 0 Å². The SMILES string of the molecule is CC1CC=CC2=C1CCN2C. The zero-order valence-electron chi connectivity index (χ0n) is 7.30. The van der Waals surface area contributed by atoms with Crippen molar-refractivity contribution in [2.75, 3.05) is 13.6 Å². The van der Waals surface area contributed by atoms with Crippen molar-refractivity contribution in [1.29, 1.82) is 0 Å². The second-order valence-corrected chi connectivity index (χ2v) is 3.62. The van der Waals surface area contributed by atoms with Crippen LogP contribution in [-0.4, -0.2) is 18.5 Å². The molecule has 11 heavy (non-hydrogen) atoms. The van der Waals surface area contributed by atoms with E-state index in [1.807, 2.05) is 0 Å². The highest BCUT2D eigenvalue weighted by molar-refractivity contribution is 5.33. The average Bonchev–Trinajstić information content (AvgIpc) is 2.35. The summed E-state index contributed by atoms with van der Waals surface area (Å²) in [5.41, 5.74) is 3.17. The van der Waals surface area contributed by atoms with Gasteiger partial charge >= 0.3 is 0 Å². The van der Waals surface area contributed by atoms with Crippen LogP contribution in [0.1, 0.15) is 19.8 Å². The van der Waals surface area contributed by atoms with E-state index in [2.05, 4.69) is 31.0 Å². The molecule has 1 atom stereocenters. The minimum atomic E-state index is 0.792. The quantitative estimate of drug-likeness (QED) is 0.510. The molecule has 0 amide bonds. The van der Waals surface area contributed by atoms with Gasteiger partial charge < -0.3 is 4.90 Å². The van der Waals surface area contributed by atoms with E-state index in [1.165, 1.54) is 25.1 Å². The molecule has 0 saturated carbocycles. The first kappa shape index (κ1) is 6.96. The summed E-state index contributed by atoms with van der Waals surface area (Å²) in [6.45, 7) is 3.55. The van der Waals surface area contributed by atoms with E-state index >= 15 is 0 Å². The number of hydrogen-bond donors (Lipinski definition) is 0. The van der Waals surface area contributed by atoms with Crippen LogP contribution in [0, 0.1) is 5.92 Å². The Morgan fingerprint density at radius 1 is 1.55 bits per heavy atom. The third-order valence-corrected chi connectivity index (χ3v) is 2.82. The minimum absolute atomic E-state index is 0.792. The Morgan fingerprint density at radius 3 is 3.09 bits per heavy atom. The summed E-state index contributed by atoms with van der Waals surface area (Å²) in [5.74, 6) is 0.792. The maximum atomic E-state index is 2.36. The molecular formula is C10H15N. The van der Waals surface area contributed by atoms with Crippen molar-refractivity contribution in [3.05, 3.63) is 23.4 Å². The van der Waals surface area contributed by atoms with Gasteiger partial charge in [-0.3, -0.25) is 0 Å². The van der Waals surface area contributed by atoms with Crippen LogP contribution < -0.4 is 0 Å². The minimum Gasteiger partial charge on any atom is -0.374 e. The van der Waals surface area contributed by atoms with Crippen LogP contribution in [0.3, 0.4) is 0 Å². The maximum absolute atomic E-state index is 2.36. The average molecular weight is 149 g/mol. The Bertz CT molecular complexity index is 225. The lowest BCUT2D eigenvalue weighted by Crippen LogP contribution is -2.12. The van der Waals surface area contributed by atoms with Crippen LogP contribution in [0.2, 0.25) is 0 Å². The molecule has 0 fully saturated rings. The molecule has 0 N–H and O–H groups in total. The first-order valence-corrected chi connectivity index (χ1v) is 4.40. The van der Waals surface area contributed by atoms with Gasteiger partial charge in [-0.05, 0) is 30.4 Å². The fourth-order valence-corrected chi connectivity index (χ4v) is 2.04. The van der Waals surface area contributed by atoms with Crippen molar-refractivity contribution in [3.63, 3.8) is 0 Å². The van der Waals surface area contributed by atoms with E-state index in [0.29, 0.717) is 0 Å². The van der Waals surface area contributed by atoms with Crippen molar-refractivity contribution in [2.45, 2.75) is 19.8 Å². The summed E-state index contributed by atoms with van der Waals surface area (Å²) in [6, 6.07) is 0. The highest BCUT2D eigenvalue weighted by Gasteiger charge is 2.23. The second kappa shape index (κ2) is 2.40. The van der Waals surface area contributed by atoms with Crippen LogP contribution in [0.4, 0.5) is 0 Å². The van der Waals surface area contributed by atoms with E-state index in [-0.39, 0.29) is 0 Å². The zero-order valence-corrected chi connectivity index (χ0v) is 7.30. The van der Waals surface area contributed by atoms with Gasteiger partial charge in [-0.1, -0.05) is 13.0 Å². The molecule has 1 aliphatic heterocycles. The lowest BCUT2D eigenvalue weighted by atomic mass is 9.91. The number of hydrogen-bond acceptors (Lipinski definition) is 1. The third kappa shape index (κ3) is 0.991. The van der Waals surface area contributed by atoms with Gasteiger partial charge in [0.2, 0.25) is 0 Å². The van der Waals surface area contributed by atoms with Crippen molar-refractivity contribution in [1.82, 2.24) is 4.90 Å². The number of likely N-dealkylation sites (N-methyl/N-ethyl adjacent to an activating group) is 1. The topological polar surface area (TPSA) is 3.24 Å². The Kier molecular flexibility index (Phi) is 1.52. The molecule has 0 bridgehead atoms. The van der Waals surface area contributed by atoms with E-state index in [9.17, 15) is 0 Å². The summed E-state index contributed by atoms with van der Waals surface area (Å²) < 4.78 is 0. The molecule has 0 aromatic heterocycles. The van der Waals surface area contributed by atoms with Gasteiger partial charge in [0.15, 0.2) is 0 Å². The van der Waals surface area contributed by atoms with Gasteiger partial charge in [-0.25, -0.2) is 0 Å². The molecule has 1 aliphatic carbocycles. The highest BCUT2D eigenvalue weighted by atomic mass is 15.1. The van der Waals surface area contributed by atoms with Gasteiger partial charge in [0.05, 0.1) is 0 Å². The summed E-state index contributed by atoms with van der Waals surface area (Å²) in [5, 5.41) is 0. The molecule has 1 nitrogen and oxygen atoms in total. The largest absolute Gasteiger partial charge is 0.374 e. The molecule has 0 saturated heterocycles. The lowest BCUT2D eigenvalue weighted by molar-refractivity contribution is 0.471. The Morgan fingerprint density at radius 2 is 2.36 bits per heavy atom. The van der Waals surface area contributed by atoms with Crippen LogP contribution in [0.25, 0.3) is 0 Å². The number of allylic oxidation sites excluding steroid dienone is 2. The Labute approximate surface area is 68.4 Å². The second-order valence-electron chi connectivity index (χ2n) is 3.62. The zero-order chi connectivity index (χ0) is 7.84. The van der Waals surface area contributed by atoms with E-state index in [4.69, 9.17) is 0 Å². The molecule has 1 unspecified atom stereocenters. The molecule has 2 rings (SSSR count). The number of rotatable bonds is 0. The van der Waals surface area contributed by atoms with Crippen LogP contribution in [0.15, 0.2) is 23.4 Å². The molecule has 0 radical (unpaired) electrons. The molecule has 1 heteroatoms. The first-order valence-electron chi connectivity index (χ1n) is 4.40. The van der Waals surface area contributed by atoms with Gasteiger partial charge in [-0.15, -0.1) is 0 Å². The van der Waals surface area contributed by atoms with Crippen LogP contribution >= 0.6 is 0 Å². The molecule has 1 heterocycles. The summed E-state index contributed by atoms with van der Waals surface area (Å²) >= 11 is 0. The maximum Gasteiger partial charge on any atom is 0.0355 e. The predicted molar refractivity (Wildman–Crippen MR) is 47.2 cm³/mol. The molecule has 2 aliphatic rings. The van der Waals surface area contributed by atoms with Gasteiger partial charge in [-0.2, -0.15) is 0 Å². The molecule has 0 aromatic carbocycles. The summed E-state index contributed by atoms with van der Waals surface area (Å²) in [6.07, 6.45) is 7.11. The van der Waals surface area contributed by atoms with E-state index in [1.54, 1.807) is 5.57 Å². The molecule has 0 spiro atoms. The van der Waals surface area contributed by atoms with Crippen LogP contribution in [0.5, 0.6) is 0 Å². The van der Waals surface area contributed by atoms with Crippen molar-refractivity contribution >= 4 is 0 Å². The molecule has 0 aromatic rings. The molecule has 60 valence electrons. The van der Waals surface area contributed by atoms with Gasteiger partial charge in [0.1, 0.15) is 0 Å². The fraction of sp³-hybridized carbons (Fsp3) is 0.600.